The van der Waals surface area contributed by atoms with Crippen molar-refractivity contribution in [3.05, 3.63) is 47.9 Å². The minimum atomic E-state index is 0.628. The summed E-state index contributed by atoms with van der Waals surface area (Å²) in [5, 5.41) is 0. The summed E-state index contributed by atoms with van der Waals surface area (Å²) in [4.78, 5) is 7.36. The number of nitrogens with one attached hydrogen (secondary N) is 1. The summed E-state index contributed by atoms with van der Waals surface area (Å²) in [5.74, 6) is 0.628. The smallest absolute Gasteiger partial charge is 0.213 e. The van der Waals surface area contributed by atoms with Crippen LogP contribution in [0.1, 0.15) is 11.4 Å². The van der Waals surface area contributed by atoms with Crippen LogP contribution in [-0.2, 0) is 0 Å². The highest BCUT2D eigenvalue weighted by Crippen LogP contribution is 2.09. The average molecular weight is 200 g/mol. The zero-order valence-corrected chi connectivity index (χ0v) is 8.47. The molecule has 3 heteroatoms. The molecule has 0 aliphatic heterocycles. The number of rotatable bonds is 3. The van der Waals surface area contributed by atoms with Gasteiger partial charge in [-0.15, -0.1) is 0 Å². The van der Waals surface area contributed by atoms with Crippen molar-refractivity contribution in [2.45, 2.75) is 0 Å². The Balaban J connectivity index is 2.17. The maximum Gasteiger partial charge on any atom is 0.213 e. The summed E-state index contributed by atoms with van der Waals surface area (Å²) >= 11 is 0. The van der Waals surface area contributed by atoms with E-state index in [9.17, 15) is 0 Å². The van der Waals surface area contributed by atoms with Gasteiger partial charge in [0.25, 0.3) is 0 Å². The van der Waals surface area contributed by atoms with Gasteiger partial charge in [0.05, 0.1) is 12.8 Å². The summed E-state index contributed by atoms with van der Waals surface area (Å²) in [6, 6.07) is 9.63. The van der Waals surface area contributed by atoms with E-state index in [2.05, 4.69) is 9.97 Å². The van der Waals surface area contributed by atoms with Crippen LogP contribution in [-0.4, -0.2) is 17.1 Å². The minimum absolute atomic E-state index is 0.628. The van der Waals surface area contributed by atoms with E-state index in [1.807, 2.05) is 48.7 Å². The summed E-state index contributed by atoms with van der Waals surface area (Å²) in [5.41, 5.74) is 1.93. The van der Waals surface area contributed by atoms with Gasteiger partial charge in [-0.2, -0.15) is 0 Å². The number of hydrogen-bond donors (Lipinski definition) is 1. The monoisotopic (exact) mass is 200 g/mol. The van der Waals surface area contributed by atoms with Crippen molar-refractivity contribution in [2.75, 3.05) is 7.11 Å². The first-order chi connectivity index (χ1) is 7.38. The Morgan fingerprint density at radius 2 is 2.13 bits per heavy atom. The molecule has 2 aromatic heterocycles. The molecular weight excluding hydrogens is 188 g/mol. The molecule has 0 fully saturated rings. The van der Waals surface area contributed by atoms with Crippen molar-refractivity contribution in [3.8, 4) is 5.88 Å². The van der Waals surface area contributed by atoms with Gasteiger partial charge in [0.2, 0.25) is 5.88 Å². The quantitative estimate of drug-likeness (QED) is 0.826. The van der Waals surface area contributed by atoms with Crippen molar-refractivity contribution in [1.29, 1.82) is 0 Å². The highest BCUT2D eigenvalue weighted by molar-refractivity contribution is 5.66. The van der Waals surface area contributed by atoms with E-state index < -0.39 is 0 Å². The van der Waals surface area contributed by atoms with E-state index in [-0.39, 0.29) is 0 Å². The standard InChI is InChI=1S/C12H12N2O/c1-15-12-6-2-4-11(14-12)8-7-10-5-3-9-13-10/h2-9,13H,1H3/b8-7-. The SMILES string of the molecule is COc1cccc(/C=C\c2ccc[nH]2)n1. The van der Waals surface area contributed by atoms with Gasteiger partial charge in [-0.25, -0.2) is 4.98 Å². The molecule has 2 aromatic rings. The fraction of sp³-hybridized carbons (Fsp3) is 0.0833. The Hall–Kier alpha value is -2.03. The zero-order valence-electron chi connectivity index (χ0n) is 8.47. The van der Waals surface area contributed by atoms with Gasteiger partial charge in [-0.1, -0.05) is 6.07 Å². The number of nitrogens with zero attached hydrogens (tertiary/aromatic N) is 1. The minimum Gasteiger partial charge on any atom is -0.481 e. The van der Waals surface area contributed by atoms with Crippen LogP contribution >= 0.6 is 0 Å². The third-order valence-electron chi connectivity index (χ3n) is 2.01. The number of aromatic amines is 1. The molecule has 0 amide bonds. The van der Waals surface area contributed by atoms with Crippen LogP contribution in [0.5, 0.6) is 5.88 Å². The topological polar surface area (TPSA) is 37.9 Å². The number of ether oxygens (including phenoxy) is 1. The van der Waals surface area contributed by atoms with Crippen LogP contribution in [0.15, 0.2) is 36.5 Å². The van der Waals surface area contributed by atoms with Crippen molar-refractivity contribution < 1.29 is 4.74 Å². The highest BCUT2D eigenvalue weighted by atomic mass is 16.5. The van der Waals surface area contributed by atoms with E-state index in [0.717, 1.165) is 11.4 Å². The normalized spacial score (nSPS) is 10.7. The molecule has 0 saturated carbocycles. The third-order valence-corrected chi connectivity index (χ3v) is 2.01. The Kier molecular flexibility index (Phi) is 2.83. The van der Waals surface area contributed by atoms with Gasteiger partial charge in [0.1, 0.15) is 0 Å². The fourth-order valence-corrected chi connectivity index (χ4v) is 1.26. The molecule has 0 aromatic carbocycles. The van der Waals surface area contributed by atoms with Crippen LogP contribution in [0.2, 0.25) is 0 Å². The lowest BCUT2D eigenvalue weighted by molar-refractivity contribution is 0.397. The highest BCUT2D eigenvalue weighted by Gasteiger charge is 1.93. The van der Waals surface area contributed by atoms with Gasteiger partial charge in [0.15, 0.2) is 0 Å². The lowest BCUT2D eigenvalue weighted by Crippen LogP contribution is -1.88. The van der Waals surface area contributed by atoms with E-state index in [4.69, 9.17) is 4.74 Å². The second kappa shape index (κ2) is 4.46. The summed E-state index contributed by atoms with van der Waals surface area (Å²) in [6.07, 6.45) is 5.80. The van der Waals surface area contributed by atoms with E-state index in [1.54, 1.807) is 7.11 Å². The van der Waals surface area contributed by atoms with E-state index >= 15 is 0 Å². The number of aromatic nitrogens is 2. The van der Waals surface area contributed by atoms with E-state index in [1.165, 1.54) is 0 Å². The predicted molar refractivity (Wildman–Crippen MR) is 60.5 cm³/mol. The third kappa shape index (κ3) is 2.47. The van der Waals surface area contributed by atoms with Crippen LogP contribution in [0.4, 0.5) is 0 Å². The number of pyridine rings is 1. The largest absolute Gasteiger partial charge is 0.481 e. The predicted octanol–water partition coefficient (Wildman–Crippen LogP) is 2.59. The maximum atomic E-state index is 5.04. The van der Waals surface area contributed by atoms with Crippen LogP contribution < -0.4 is 4.74 Å². The van der Waals surface area contributed by atoms with Gasteiger partial charge >= 0.3 is 0 Å². The molecule has 0 aliphatic rings. The number of H-pyrrole nitrogens is 1. The molecule has 0 bridgehead atoms. The molecule has 1 N–H and O–H groups in total. The summed E-state index contributed by atoms with van der Waals surface area (Å²) in [6.45, 7) is 0. The maximum absolute atomic E-state index is 5.04. The lowest BCUT2D eigenvalue weighted by Gasteiger charge is -1.98. The van der Waals surface area contributed by atoms with Crippen LogP contribution in [0.25, 0.3) is 12.2 Å². The zero-order chi connectivity index (χ0) is 10.5. The summed E-state index contributed by atoms with van der Waals surface area (Å²) < 4.78 is 5.04. The van der Waals surface area contributed by atoms with Crippen LogP contribution in [0.3, 0.4) is 0 Å². The molecular formula is C12H12N2O. The fourth-order valence-electron chi connectivity index (χ4n) is 1.26. The van der Waals surface area contributed by atoms with Crippen molar-refractivity contribution in [3.63, 3.8) is 0 Å². The van der Waals surface area contributed by atoms with E-state index in [0.29, 0.717) is 5.88 Å². The molecule has 15 heavy (non-hydrogen) atoms. The van der Waals surface area contributed by atoms with Gasteiger partial charge in [-0.05, 0) is 30.4 Å². The number of methoxy groups -OCH3 is 1. The van der Waals surface area contributed by atoms with Crippen molar-refractivity contribution in [1.82, 2.24) is 9.97 Å². The first-order valence-corrected chi connectivity index (χ1v) is 4.71. The van der Waals surface area contributed by atoms with Gasteiger partial charge in [0, 0.05) is 18.0 Å². The first-order valence-electron chi connectivity index (χ1n) is 4.71. The molecule has 0 unspecified atom stereocenters. The molecule has 2 heterocycles. The summed E-state index contributed by atoms with van der Waals surface area (Å²) in [7, 11) is 1.61. The molecule has 2 rings (SSSR count). The Labute approximate surface area is 88.4 Å². The average Bonchev–Trinajstić information content (AvgIpc) is 2.79. The molecule has 0 saturated heterocycles. The molecule has 0 atom stereocenters. The molecule has 3 nitrogen and oxygen atoms in total. The Bertz CT molecular complexity index is 446. The van der Waals surface area contributed by atoms with Crippen LogP contribution in [0, 0.1) is 0 Å². The molecule has 76 valence electrons. The van der Waals surface area contributed by atoms with Crippen molar-refractivity contribution >= 4 is 12.2 Å². The van der Waals surface area contributed by atoms with Gasteiger partial charge < -0.3 is 9.72 Å². The number of hydrogen-bond acceptors (Lipinski definition) is 2. The van der Waals surface area contributed by atoms with Crippen molar-refractivity contribution in [2.24, 2.45) is 0 Å². The second-order valence-corrected chi connectivity index (χ2v) is 3.06. The van der Waals surface area contributed by atoms with Gasteiger partial charge in [-0.3, -0.25) is 0 Å². The molecule has 0 spiro atoms. The first kappa shape index (κ1) is 9.52. The Morgan fingerprint density at radius 1 is 1.20 bits per heavy atom. The second-order valence-electron chi connectivity index (χ2n) is 3.06. The molecule has 0 radical (unpaired) electrons. The Morgan fingerprint density at radius 3 is 2.87 bits per heavy atom. The lowest BCUT2D eigenvalue weighted by atomic mass is 10.3. The molecule has 0 aliphatic carbocycles.